The minimum atomic E-state index is -0.575. The molecule has 4 aromatic rings. The number of rotatable bonds is 6. The summed E-state index contributed by atoms with van der Waals surface area (Å²) >= 11 is 0. The molecule has 0 bridgehead atoms. The van der Waals surface area contributed by atoms with Crippen LogP contribution >= 0.6 is 0 Å². The lowest BCUT2D eigenvalue weighted by Crippen LogP contribution is -2.39. The first kappa shape index (κ1) is 23.7. The molecule has 176 valence electrons. The molecule has 8 nitrogen and oxygen atoms in total. The summed E-state index contributed by atoms with van der Waals surface area (Å²) in [6.07, 6.45) is 3.50. The Labute approximate surface area is 203 Å². The number of hydrogen-bond donors (Lipinski definition) is 2. The molecule has 0 saturated heterocycles. The molecule has 0 aliphatic heterocycles. The summed E-state index contributed by atoms with van der Waals surface area (Å²) in [5.74, 6) is -0.350. The van der Waals surface area contributed by atoms with E-state index < -0.39 is 6.04 Å². The lowest BCUT2D eigenvalue weighted by molar-refractivity contribution is -0.118. The van der Waals surface area contributed by atoms with Crippen molar-refractivity contribution < 1.29 is 9.59 Å². The number of carbonyl (C=O) groups is 2. The molecule has 1 atom stereocenters. The highest BCUT2D eigenvalue weighted by Crippen LogP contribution is 2.27. The van der Waals surface area contributed by atoms with Gasteiger partial charge in [-0.25, -0.2) is 9.36 Å². The van der Waals surface area contributed by atoms with E-state index in [1.165, 1.54) is 0 Å². The zero-order valence-corrected chi connectivity index (χ0v) is 19.8. The third-order valence-corrected chi connectivity index (χ3v) is 5.92. The SMILES string of the molecule is [C-]#[N+]c1ccc(N(C)C(=O)c2ccn3ncc(-c4ccc(NC(=O)[C@@H](N)C(C)C)cc4)c3c2)cc1. The summed E-state index contributed by atoms with van der Waals surface area (Å²) in [6, 6.07) is 17.3. The summed E-state index contributed by atoms with van der Waals surface area (Å²) in [7, 11) is 1.70. The van der Waals surface area contributed by atoms with E-state index in [9.17, 15) is 9.59 Å². The maximum atomic E-state index is 13.1. The average Bonchev–Trinajstić information content (AvgIpc) is 3.31. The van der Waals surface area contributed by atoms with Crippen molar-refractivity contribution in [3.8, 4) is 11.1 Å². The van der Waals surface area contributed by atoms with Gasteiger partial charge in [0.2, 0.25) is 5.91 Å². The van der Waals surface area contributed by atoms with Crippen LogP contribution in [0.5, 0.6) is 0 Å². The lowest BCUT2D eigenvalue weighted by atomic mass is 10.0. The Morgan fingerprint density at radius 3 is 2.40 bits per heavy atom. The second-order valence-corrected chi connectivity index (χ2v) is 8.63. The molecule has 2 heterocycles. The normalized spacial score (nSPS) is 11.8. The summed E-state index contributed by atoms with van der Waals surface area (Å²) in [6.45, 7) is 10.9. The van der Waals surface area contributed by atoms with E-state index in [1.807, 2.05) is 44.2 Å². The smallest absolute Gasteiger partial charge is 0.258 e. The van der Waals surface area contributed by atoms with Crippen LogP contribution in [-0.2, 0) is 4.79 Å². The molecule has 2 aromatic carbocycles. The number of pyridine rings is 1. The molecule has 35 heavy (non-hydrogen) atoms. The highest BCUT2D eigenvalue weighted by atomic mass is 16.2. The van der Waals surface area contributed by atoms with E-state index in [2.05, 4.69) is 15.3 Å². The number of aromatic nitrogens is 2. The second kappa shape index (κ2) is 9.79. The number of anilines is 2. The van der Waals surface area contributed by atoms with Crippen molar-refractivity contribution in [2.45, 2.75) is 19.9 Å². The van der Waals surface area contributed by atoms with Gasteiger partial charge in [0, 0.05) is 35.7 Å². The van der Waals surface area contributed by atoms with E-state index in [4.69, 9.17) is 12.3 Å². The first-order valence-electron chi connectivity index (χ1n) is 11.2. The monoisotopic (exact) mass is 466 g/mol. The van der Waals surface area contributed by atoms with Gasteiger partial charge in [-0.1, -0.05) is 38.1 Å². The molecule has 3 N–H and O–H groups in total. The topological polar surface area (TPSA) is 97.1 Å². The third-order valence-electron chi connectivity index (χ3n) is 5.92. The standard InChI is InChI=1S/C27H26N6O2/c1-17(2)25(28)26(34)31-21-7-5-18(6-8-21)23-16-30-33-14-13-19(15-24(23)33)27(35)32(4)22-11-9-20(29-3)10-12-22/h5-17,25H,28H2,1-2,4H3,(H,31,34)/t25-/m0/s1. The fourth-order valence-corrected chi connectivity index (χ4v) is 3.66. The summed E-state index contributed by atoms with van der Waals surface area (Å²) in [5, 5.41) is 7.25. The van der Waals surface area contributed by atoms with E-state index in [0.717, 1.165) is 16.6 Å². The molecule has 2 amide bonds. The molecule has 0 aliphatic rings. The fourth-order valence-electron chi connectivity index (χ4n) is 3.66. The van der Waals surface area contributed by atoms with Crippen LogP contribution in [0.4, 0.5) is 17.1 Å². The van der Waals surface area contributed by atoms with Crippen LogP contribution in [-0.4, -0.2) is 34.5 Å². The fraction of sp³-hybridized carbons (Fsp3) is 0.185. The van der Waals surface area contributed by atoms with Gasteiger partial charge in [-0.05, 0) is 47.9 Å². The zero-order chi connectivity index (χ0) is 25.1. The minimum Gasteiger partial charge on any atom is -0.325 e. The number of carbonyl (C=O) groups excluding carboxylic acids is 2. The van der Waals surface area contributed by atoms with Gasteiger partial charge in [0.15, 0.2) is 5.69 Å². The van der Waals surface area contributed by atoms with Gasteiger partial charge in [-0.15, -0.1) is 0 Å². The number of benzene rings is 2. The Kier molecular flexibility index (Phi) is 6.62. The predicted octanol–water partition coefficient (Wildman–Crippen LogP) is 4.75. The highest BCUT2D eigenvalue weighted by molar-refractivity contribution is 6.07. The Hall–Kier alpha value is -4.48. The Balaban J connectivity index is 1.58. The number of nitrogens with two attached hydrogens (primary N) is 1. The molecule has 0 radical (unpaired) electrons. The molecule has 0 fully saturated rings. The zero-order valence-electron chi connectivity index (χ0n) is 19.8. The van der Waals surface area contributed by atoms with Crippen molar-refractivity contribution in [3.05, 3.63) is 90.0 Å². The Morgan fingerprint density at radius 2 is 1.77 bits per heavy atom. The van der Waals surface area contributed by atoms with Gasteiger partial charge in [0.1, 0.15) is 0 Å². The largest absolute Gasteiger partial charge is 0.325 e. The van der Waals surface area contributed by atoms with Crippen molar-refractivity contribution >= 4 is 34.4 Å². The second-order valence-electron chi connectivity index (χ2n) is 8.63. The molecular formula is C27H26N6O2. The summed E-state index contributed by atoms with van der Waals surface area (Å²) in [5.41, 5.74) is 10.9. The molecule has 0 saturated carbocycles. The molecule has 0 spiro atoms. The van der Waals surface area contributed by atoms with Gasteiger partial charge in [-0.3, -0.25) is 9.59 Å². The van der Waals surface area contributed by atoms with Gasteiger partial charge < -0.3 is 16.0 Å². The van der Waals surface area contributed by atoms with Crippen molar-refractivity contribution in [3.63, 3.8) is 0 Å². The van der Waals surface area contributed by atoms with Crippen LogP contribution in [0.25, 0.3) is 21.5 Å². The van der Waals surface area contributed by atoms with Gasteiger partial charge in [0.05, 0.1) is 24.3 Å². The maximum absolute atomic E-state index is 13.1. The number of nitrogens with zero attached hydrogens (tertiary/aromatic N) is 4. The van der Waals surface area contributed by atoms with Gasteiger partial charge >= 0.3 is 0 Å². The van der Waals surface area contributed by atoms with Crippen LogP contribution in [0.2, 0.25) is 0 Å². The summed E-state index contributed by atoms with van der Waals surface area (Å²) in [4.78, 5) is 30.3. The molecule has 0 aliphatic carbocycles. The highest BCUT2D eigenvalue weighted by Gasteiger charge is 2.18. The van der Waals surface area contributed by atoms with Crippen molar-refractivity contribution in [1.82, 2.24) is 9.61 Å². The van der Waals surface area contributed by atoms with Crippen LogP contribution in [0.1, 0.15) is 24.2 Å². The molecular weight excluding hydrogens is 440 g/mol. The van der Waals surface area contributed by atoms with Crippen molar-refractivity contribution in [1.29, 1.82) is 0 Å². The first-order valence-corrected chi connectivity index (χ1v) is 11.2. The van der Waals surface area contributed by atoms with Gasteiger partial charge in [0.25, 0.3) is 5.91 Å². The first-order chi connectivity index (χ1) is 16.8. The van der Waals surface area contributed by atoms with E-state index in [-0.39, 0.29) is 17.7 Å². The Bertz CT molecular complexity index is 1420. The van der Waals surface area contributed by atoms with Crippen LogP contribution in [0.15, 0.2) is 73.1 Å². The minimum absolute atomic E-state index is 0.0436. The van der Waals surface area contributed by atoms with Crippen molar-refractivity contribution in [2.24, 2.45) is 11.7 Å². The molecule has 8 heteroatoms. The predicted molar refractivity (Wildman–Crippen MR) is 138 cm³/mol. The third kappa shape index (κ3) is 4.90. The molecule has 2 aromatic heterocycles. The molecule has 4 rings (SSSR count). The number of nitrogens with one attached hydrogen (secondary N) is 1. The number of fused-ring (bicyclic) bond motifs is 1. The number of hydrogen-bond acceptors (Lipinski definition) is 4. The van der Waals surface area contributed by atoms with E-state index in [1.54, 1.807) is 59.2 Å². The van der Waals surface area contributed by atoms with Crippen LogP contribution < -0.4 is 16.0 Å². The average molecular weight is 467 g/mol. The van der Waals surface area contributed by atoms with Crippen LogP contribution in [0, 0.1) is 12.5 Å². The summed E-state index contributed by atoms with van der Waals surface area (Å²) < 4.78 is 1.72. The van der Waals surface area contributed by atoms with Crippen LogP contribution in [0.3, 0.4) is 0 Å². The lowest BCUT2D eigenvalue weighted by Gasteiger charge is -2.17. The van der Waals surface area contributed by atoms with Crippen molar-refractivity contribution in [2.75, 3.05) is 17.3 Å². The quantitative estimate of drug-likeness (QED) is 0.401. The van der Waals surface area contributed by atoms with Gasteiger partial charge in [-0.2, -0.15) is 5.10 Å². The molecule has 0 unspecified atom stereocenters. The van der Waals surface area contributed by atoms with E-state index in [0.29, 0.717) is 22.6 Å². The maximum Gasteiger partial charge on any atom is 0.258 e. The number of amides is 2. The van der Waals surface area contributed by atoms with E-state index >= 15 is 0 Å². The Morgan fingerprint density at radius 1 is 1.09 bits per heavy atom.